The topological polar surface area (TPSA) is 77.1 Å². The highest BCUT2D eigenvalue weighted by Crippen LogP contribution is 2.33. The van der Waals surface area contributed by atoms with Crippen LogP contribution >= 0.6 is 11.3 Å². The maximum absolute atomic E-state index is 13.8. The quantitative estimate of drug-likeness (QED) is 0.404. The van der Waals surface area contributed by atoms with E-state index in [1.165, 1.54) is 11.3 Å². The van der Waals surface area contributed by atoms with Crippen molar-refractivity contribution in [1.82, 2.24) is 10.2 Å². The zero-order chi connectivity index (χ0) is 24.5. The van der Waals surface area contributed by atoms with Crippen molar-refractivity contribution in [3.63, 3.8) is 0 Å². The number of hydrogen-bond donors (Lipinski definition) is 1. The van der Waals surface area contributed by atoms with Gasteiger partial charge in [0.15, 0.2) is 11.5 Å². The van der Waals surface area contributed by atoms with Crippen molar-refractivity contribution in [2.24, 2.45) is 0 Å². The number of hydrogen-bond acceptors (Lipinski definition) is 6. The van der Waals surface area contributed by atoms with Crippen molar-refractivity contribution in [3.05, 3.63) is 82.6 Å². The lowest BCUT2D eigenvalue weighted by molar-refractivity contribution is -0.148. The molecule has 8 heteroatoms. The lowest BCUT2D eigenvalue weighted by Gasteiger charge is -2.34. The first-order valence-electron chi connectivity index (χ1n) is 11.8. The number of amides is 2. The molecule has 0 spiro atoms. The Bertz CT molecular complexity index is 1090. The largest absolute Gasteiger partial charge is 0.485 e. The molecule has 35 heavy (non-hydrogen) atoms. The van der Waals surface area contributed by atoms with Crippen molar-refractivity contribution in [2.75, 3.05) is 26.4 Å². The third kappa shape index (κ3) is 6.41. The number of thiophene rings is 1. The average molecular weight is 495 g/mol. The summed E-state index contributed by atoms with van der Waals surface area (Å²) in [5.74, 6) is 0.602. The molecular formula is C27H30N2O5S. The molecule has 0 saturated heterocycles. The molecule has 184 valence electrons. The first-order valence-corrected chi connectivity index (χ1v) is 12.7. The molecule has 2 aromatic carbocycles. The molecular weight excluding hydrogens is 464 g/mol. The van der Waals surface area contributed by atoms with Gasteiger partial charge in [-0.05, 0) is 42.5 Å². The summed E-state index contributed by atoms with van der Waals surface area (Å²) in [6.07, 6.45) is -0.251. The summed E-state index contributed by atoms with van der Waals surface area (Å²) in [5, 5.41) is 4.92. The maximum Gasteiger partial charge on any atom is 0.268 e. The molecule has 1 N–H and O–H groups in total. The molecule has 3 aromatic rings. The Morgan fingerprint density at radius 1 is 1.09 bits per heavy atom. The van der Waals surface area contributed by atoms with Crippen LogP contribution in [-0.4, -0.2) is 49.2 Å². The summed E-state index contributed by atoms with van der Waals surface area (Å²) in [7, 11) is 0. The Balaban J connectivity index is 1.56. The van der Waals surface area contributed by atoms with Gasteiger partial charge < -0.3 is 24.4 Å². The summed E-state index contributed by atoms with van der Waals surface area (Å²) < 4.78 is 17.3. The molecule has 0 saturated carbocycles. The van der Waals surface area contributed by atoms with Crippen molar-refractivity contribution >= 4 is 23.2 Å². The molecule has 0 fully saturated rings. The second-order valence-corrected chi connectivity index (χ2v) is 9.05. The fraction of sp³-hybridized carbons (Fsp3) is 0.333. The molecule has 0 bridgehead atoms. The van der Waals surface area contributed by atoms with E-state index in [4.69, 9.17) is 14.2 Å². The number of benzene rings is 2. The lowest BCUT2D eigenvalue weighted by atomic mass is 10.1. The molecule has 2 atom stereocenters. The minimum atomic E-state index is -0.846. The smallest absolute Gasteiger partial charge is 0.268 e. The monoisotopic (exact) mass is 494 g/mol. The number of carbonyl (C=O) groups is 2. The fourth-order valence-corrected chi connectivity index (χ4v) is 4.76. The SMILES string of the molecule is CCOCCCN(C(=O)[C@@H]1COc2ccccc2O1)[C@@H](C(=O)NCc1ccccc1)c1cccs1. The third-order valence-electron chi connectivity index (χ3n) is 5.64. The number of rotatable bonds is 11. The van der Waals surface area contributed by atoms with Gasteiger partial charge in [0.1, 0.15) is 12.6 Å². The zero-order valence-electron chi connectivity index (χ0n) is 19.7. The molecule has 1 aliphatic rings. The van der Waals surface area contributed by atoms with Crippen LogP contribution in [0.15, 0.2) is 72.1 Å². The van der Waals surface area contributed by atoms with Crippen molar-refractivity contribution in [1.29, 1.82) is 0 Å². The molecule has 4 rings (SSSR count). The first kappa shape index (κ1) is 24.8. The molecule has 7 nitrogen and oxygen atoms in total. The minimum Gasteiger partial charge on any atom is -0.485 e. The highest BCUT2D eigenvalue weighted by atomic mass is 32.1. The summed E-state index contributed by atoms with van der Waals surface area (Å²) in [6.45, 7) is 3.82. The Hall–Kier alpha value is -3.36. The van der Waals surface area contributed by atoms with Crippen LogP contribution in [0.3, 0.4) is 0 Å². The highest BCUT2D eigenvalue weighted by molar-refractivity contribution is 7.10. The number of para-hydroxylation sites is 2. The van der Waals surface area contributed by atoms with Gasteiger partial charge in [-0.3, -0.25) is 9.59 Å². The summed E-state index contributed by atoms with van der Waals surface area (Å²) in [6, 6.07) is 20.0. The van der Waals surface area contributed by atoms with E-state index in [2.05, 4.69) is 5.32 Å². The molecule has 1 aliphatic heterocycles. The third-order valence-corrected chi connectivity index (χ3v) is 6.57. The molecule has 2 heterocycles. The van der Waals surface area contributed by atoms with Crippen LogP contribution in [0.2, 0.25) is 0 Å². The van der Waals surface area contributed by atoms with E-state index in [1.807, 2.05) is 66.9 Å². The average Bonchev–Trinajstić information content (AvgIpc) is 3.43. The van der Waals surface area contributed by atoms with E-state index < -0.39 is 12.1 Å². The Morgan fingerprint density at radius 3 is 2.60 bits per heavy atom. The van der Waals surface area contributed by atoms with E-state index >= 15 is 0 Å². The number of nitrogens with one attached hydrogen (secondary N) is 1. The van der Waals surface area contributed by atoms with Crippen LogP contribution in [0, 0.1) is 0 Å². The maximum atomic E-state index is 13.8. The number of carbonyl (C=O) groups excluding carboxylic acids is 2. The fourth-order valence-electron chi connectivity index (χ4n) is 3.93. The van der Waals surface area contributed by atoms with Crippen molar-refractivity contribution in [3.8, 4) is 11.5 Å². The van der Waals surface area contributed by atoms with Crippen LogP contribution in [0.1, 0.15) is 29.8 Å². The van der Waals surface area contributed by atoms with E-state index in [0.717, 1.165) is 10.4 Å². The predicted octanol–water partition coefficient (Wildman–Crippen LogP) is 4.20. The second kappa shape index (κ2) is 12.4. The van der Waals surface area contributed by atoms with Gasteiger partial charge in [0.05, 0.1) is 0 Å². The predicted molar refractivity (Wildman–Crippen MR) is 135 cm³/mol. The van der Waals surface area contributed by atoms with Gasteiger partial charge in [0.2, 0.25) is 12.0 Å². The second-order valence-electron chi connectivity index (χ2n) is 8.07. The molecule has 1 aromatic heterocycles. The van der Waals surface area contributed by atoms with E-state index in [0.29, 0.717) is 44.2 Å². The van der Waals surface area contributed by atoms with Crippen molar-refractivity contribution in [2.45, 2.75) is 32.0 Å². The van der Waals surface area contributed by atoms with Crippen molar-refractivity contribution < 1.29 is 23.8 Å². The summed E-state index contributed by atoms with van der Waals surface area (Å²) >= 11 is 1.45. The molecule has 0 radical (unpaired) electrons. The van der Waals surface area contributed by atoms with Gasteiger partial charge in [0.25, 0.3) is 5.91 Å². The number of nitrogens with zero attached hydrogens (tertiary/aromatic N) is 1. The van der Waals surface area contributed by atoms with Crippen LogP contribution in [-0.2, 0) is 20.9 Å². The van der Waals surface area contributed by atoms with Gasteiger partial charge >= 0.3 is 0 Å². The summed E-state index contributed by atoms with van der Waals surface area (Å²) in [4.78, 5) is 29.7. The zero-order valence-corrected chi connectivity index (χ0v) is 20.5. The summed E-state index contributed by atoms with van der Waals surface area (Å²) in [5.41, 5.74) is 0.987. The van der Waals surface area contributed by atoms with Crippen LogP contribution in [0.25, 0.3) is 0 Å². The Morgan fingerprint density at radius 2 is 1.86 bits per heavy atom. The van der Waals surface area contributed by atoms with E-state index in [1.54, 1.807) is 17.0 Å². The van der Waals surface area contributed by atoms with Crippen LogP contribution in [0.4, 0.5) is 0 Å². The van der Waals surface area contributed by atoms with Gasteiger partial charge in [-0.15, -0.1) is 11.3 Å². The van der Waals surface area contributed by atoms with Gasteiger partial charge in [-0.1, -0.05) is 48.5 Å². The van der Waals surface area contributed by atoms with E-state index in [9.17, 15) is 9.59 Å². The normalized spacial score (nSPS) is 15.3. The number of fused-ring (bicyclic) bond motifs is 1. The lowest BCUT2D eigenvalue weighted by Crippen LogP contribution is -2.51. The molecule has 2 amide bonds. The Kier molecular flexibility index (Phi) is 8.75. The van der Waals surface area contributed by atoms with Crippen LogP contribution in [0.5, 0.6) is 11.5 Å². The van der Waals surface area contributed by atoms with E-state index in [-0.39, 0.29) is 18.4 Å². The van der Waals surface area contributed by atoms with Crippen LogP contribution < -0.4 is 14.8 Å². The Labute approximate surface area is 209 Å². The number of ether oxygens (including phenoxy) is 3. The highest BCUT2D eigenvalue weighted by Gasteiger charge is 2.38. The van der Waals surface area contributed by atoms with Gasteiger partial charge in [-0.2, -0.15) is 0 Å². The van der Waals surface area contributed by atoms with Gasteiger partial charge in [-0.25, -0.2) is 0 Å². The minimum absolute atomic E-state index is 0.0839. The standard InChI is InChI=1S/C27H30N2O5S/c1-2-32-16-9-15-29(27(31)23-19-33-21-12-6-7-13-22(21)34-23)25(24-14-8-17-35-24)26(30)28-18-20-10-4-3-5-11-20/h3-8,10-14,17,23,25H,2,9,15-16,18-19H2,1H3,(H,28,30)/t23-,25+/m0/s1. The van der Waals surface area contributed by atoms with Gasteiger partial charge in [0, 0.05) is 31.2 Å². The first-order chi connectivity index (χ1) is 17.2. The molecule has 0 unspecified atom stereocenters. The molecule has 0 aliphatic carbocycles.